The minimum absolute atomic E-state index is 0.142. The average molecular weight is 279 g/mol. The first-order chi connectivity index (χ1) is 7.86. The van der Waals surface area contributed by atoms with Crippen molar-refractivity contribution < 1.29 is 13.2 Å². The molecule has 0 aliphatic rings. The van der Waals surface area contributed by atoms with Crippen LogP contribution in [-0.2, 0) is 16.8 Å². The third-order valence-electron chi connectivity index (χ3n) is 2.19. The van der Waals surface area contributed by atoms with E-state index in [0.717, 1.165) is 4.31 Å². The number of rotatable bonds is 5. The fraction of sp³-hybridized carbons (Fsp3) is 0.400. The van der Waals surface area contributed by atoms with Crippen LogP contribution in [0.4, 0.5) is 0 Å². The highest BCUT2D eigenvalue weighted by Gasteiger charge is 2.13. The largest absolute Gasteiger partial charge is 0.497 e. The van der Waals surface area contributed by atoms with Gasteiger partial charge in [-0.15, -0.1) is 0 Å². The van der Waals surface area contributed by atoms with Gasteiger partial charge >= 0.3 is 0 Å². The Bertz CT molecular complexity index is 488. The molecule has 0 atom stereocenters. The summed E-state index contributed by atoms with van der Waals surface area (Å²) in [5.41, 5.74) is 0.692. The van der Waals surface area contributed by atoms with Gasteiger partial charge in [-0.2, -0.15) is 17.4 Å². The van der Waals surface area contributed by atoms with Crippen LogP contribution in [0, 0.1) is 0 Å². The fourth-order valence-corrected chi connectivity index (χ4v) is 1.93. The van der Waals surface area contributed by atoms with Crippen LogP contribution in [0.5, 0.6) is 5.75 Å². The third kappa shape index (κ3) is 3.85. The zero-order valence-corrected chi connectivity index (χ0v) is 11.5. The van der Waals surface area contributed by atoms with Crippen LogP contribution in [-0.4, -0.2) is 33.9 Å². The highest BCUT2D eigenvalue weighted by atomic mass is 35.5. The average Bonchev–Trinajstić information content (AvgIpc) is 2.27. The van der Waals surface area contributed by atoms with E-state index in [2.05, 4.69) is 4.72 Å². The van der Waals surface area contributed by atoms with E-state index in [-0.39, 0.29) is 6.54 Å². The van der Waals surface area contributed by atoms with Crippen LogP contribution in [0.1, 0.15) is 5.56 Å². The molecule has 5 nitrogen and oxygen atoms in total. The second-order valence-electron chi connectivity index (χ2n) is 3.57. The molecule has 0 fully saturated rings. The summed E-state index contributed by atoms with van der Waals surface area (Å²) in [5, 5.41) is 0.464. The van der Waals surface area contributed by atoms with Gasteiger partial charge in [0, 0.05) is 25.7 Å². The SMILES string of the molecule is COc1ccc(CNS(=O)(=O)N(C)C)c(Cl)c1. The van der Waals surface area contributed by atoms with Crippen molar-refractivity contribution in [3.05, 3.63) is 28.8 Å². The Hall–Kier alpha value is -0.820. The zero-order chi connectivity index (χ0) is 13.1. The van der Waals surface area contributed by atoms with E-state index in [0.29, 0.717) is 16.3 Å². The van der Waals surface area contributed by atoms with Gasteiger partial charge in [0.1, 0.15) is 5.75 Å². The van der Waals surface area contributed by atoms with E-state index in [9.17, 15) is 8.42 Å². The van der Waals surface area contributed by atoms with Gasteiger partial charge in [0.15, 0.2) is 0 Å². The maximum Gasteiger partial charge on any atom is 0.279 e. The normalized spacial score (nSPS) is 11.8. The van der Waals surface area contributed by atoms with Crippen LogP contribution in [0.2, 0.25) is 5.02 Å². The van der Waals surface area contributed by atoms with E-state index >= 15 is 0 Å². The van der Waals surface area contributed by atoms with Gasteiger partial charge in [-0.05, 0) is 17.7 Å². The van der Waals surface area contributed by atoms with Crippen LogP contribution < -0.4 is 9.46 Å². The molecule has 1 aromatic carbocycles. The summed E-state index contributed by atoms with van der Waals surface area (Å²) in [7, 11) is 1.02. The molecule has 17 heavy (non-hydrogen) atoms. The molecule has 0 bridgehead atoms. The predicted molar refractivity (Wildman–Crippen MR) is 67.5 cm³/mol. The number of hydrogen-bond acceptors (Lipinski definition) is 3. The molecule has 0 saturated carbocycles. The summed E-state index contributed by atoms with van der Waals surface area (Å²) in [6.07, 6.45) is 0. The van der Waals surface area contributed by atoms with Crippen LogP contribution in [0.15, 0.2) is 18.2 Å². The van der Waals surface area contributed by atoms with Crippen molar-refractivity contribution in [2.24, 2.45) is 0 Å². The van der Waals surface area contributed by atoms with Gasteiger partial charge in [-0.1, -0.05) is 17.7 Å². The Morgan fingerprint density at radius 3 is 2.53 bits per heavy atom. The molecule has 0 aliphatic heterocycles. The summed E-state index contributed by atoms with van der Waals surface area (Å²) >= 11 is 5.99. The predicted octanol–water partition coefficient (Wildman–Crippen LogP) is 1.24. The summed E-state index contributed by atoms with van der Waals surface area (Å²) in [4.78, 5) is 0. The molecule has 0 radical (unpaired) electrons. The van der Waals surface area contributed by atoms with Crippen LogP contribution in [0.3, 0.4) is 0 Å². The lowest BCUT2D eigenvalue weighted by Gasteiger charge is -2.13. The lowest BCUT2D eigenvalue weighted by atomic mass is 10.2. The van der Waals surface area contributed by atoms with E-state index < -0.39 is 10.2 Å². The van der Waals surface area contributed by atoms with Gasteiger partial charge in [0.25, 0.3) is 10.2 Å². The quantitative estimate of drug-likeness (QED) is 0.882. The summed E-state index contributed by atoms with van der Waals surface area (Å²) < 4.78 is 31.5. The van der Waals surface area contributed by atoms with Crippen molar-refractivity contribution in [3.63, 3.8) is 0 Å². The molecule has 0 aromatic heterocycles. The minimum Gasteiger partial charge on any atom is -0.497 e. The topological polar surface area (TPSA) is 58.6 Å². The van der Waals surface area contributed by atoms with Gasteiger partial charge in [0.2, 0.25) is 0 Å². The Morgan fingerprint density at radius 1 is 1.41 bits per heavy atom. The van der Waals surface area contributed by atoms with E-state index in [1.165, 1.54) is 14.1 Å². The standard InChI is InChI=1S/C10H15ClN2O3S/c1-13(2)17(14,15)12-7-8-4-5-9(16-3)6-10(8)11/h4-6,12H,7H2,1-3H3. The van der Waals surface area contributed by atoms with E-state index in [4.69, 9.17) is 16.3 Å². The van der Waals surface area contributed by atoms with Crippen molar-refractivity contribution in [1.82, 2.24) is 9.03 Å². The molecule has 1 rings (SSSR count). The first-order valence-corrected chi connectivity index (χ1v) is 6.68. The number of benzene rings is 1. The number of nitrogens with zero attached hydrogens (tertiary/aromatic N) is 1. The van der Waals surface area contributed by atoms with Gasteiger partial charge in [0.05, 0.1) is 7.11 Å². The monoisotopic (exact) mass is 278 g/mol. The van der Waals surface area contributed by atoms with Gasteiger partial charge in [-0.25, -0.2) is 0 Å². The van der Waals surface area contributed by atoms with Crippen molar-refractivity contribution in [2.45, 2.75) is 6.54 Å². The smallest absolute Gasteiger partial charge is 0.279 e. The Kier molecular flexibility index (Phi) is 4.76. The highest BCUT2D eigenvalue weighted by molar-refractivity contribution is 7.87. The Balaban J connectivity index is 2.77. The summed E-state index contributed by atoms with van der Waals surface area (Å²) in [6, 6.07) is 5.09. The number of nitrogens with one attached hydrogen (secondary N) is 1. The zero-order valence-electron chi connectivity index (χ0n) is 9.90. The molecule has 0 saturated heterocycles. The van der Waals surface area contributed by atoms with E-state index in [1.54, 1.807) is 25.3 Å². The molecular formula is C10H15ClN2O3S. The highest BCUT2D eigenvalue weighted by Crippen LogP contribution is 2.22. The van der Waals surface area contributed by atoms with E-state index in [1.807, 2.05) is 0 Å². The Labute approximate surface area is 107 Å². The fourth-order valence-electron chi connectivity index (χ4n) is 1.10. The molecule has 96 valence electrons. The molecule has 1 aromatic rings. The first-order valence-electron chi connectivity index (χ1n) is 4.86. The lowest BCUT2D eigenvalue weighted by Crippen LogP contribution is -2.35. The second kappa shape index (κ2) is 5.68. The number of hydrogen-bond donors (Lipinski definition) is 1. The summed E-state index contributed by atoms with van der Waals surface area (Å²) in [5.74, 6) is 0.634. The number of halogens is 1. The lowest BCUT2D eigenvalue weighted by molar-refractivity contribution is 0.414. The first kappa shape index (κ1) is 14.2. The third-order valence-corrected chi connectivity index (χ3v) is 4.01. The molecule has 0 aliphatic carbocycles. The number of methoxy groups -OCH3 is 1. The van der Waals surface area contributed by atoms with Crippen molar-refractivity contribution >= 4 is 21.8 Å². The molecule has 0 amide bonds. The second-order valence-corrected chi connectivity index (χ2v) is 5.94. The maximum atomic E-state index is 11.5. The van der Waals surface area contributed by atoms with Crippen molar-refractivity contribution in [1.29, 1.82) is 0 Å². The summed E-state index contributed by atoms with van der Waals surface area (Å²) in [6.45, 7) is 0.142. The molecule has 0 unspecified atom stereocenters. The maximum absolute atomic E-state index is 11.5. The molecule has 1 N–H and O–H groups in total. The Morgan fingerprint density at radius 2 is 2.06 bits per heavy atom. The minimum atomic E-state index is -3.44. The van der Waals surface area contributed by atoms with Crippen LogP contribution >= 0.6 is 11.6 Å². The van der Waals surface area contributed by atoms with Gasteiger partial charge in [-0.3, -0.25) is 0 Å². The van der Waals surface area contributed by atoms with Crippen molar-refractivity contribution in [3.8, 4) is 5.75 Å². The molecular weight excluding hydrogens is 264 g/mol. The number of ether oxygens (including phenoxy) is 1. The van der Waals surface area contributed by atoms with Crippen LogP contribution in [0.25, 0.3) is 0 Å². The van der Waals surface area contributed by atoms with Gasteiger partial charge < -0.3 is 4.74 Å². The molecule has 0 heterocycles. The molecule has 7 heteroatoms. The van der Waals surface area contributed by atoms with Crippen molar-refractivity contribution in [2.75, 3.05) is 21.2 Å². The molecule has 0 spiro atoms.